The van der Waals surface area contributed by atoms with E-state index in [1.54, 1.807) is 5.38 Å². The molecule has 0 aliphatic heterocycles. The zero-order valence-corrected chi connectivity index (χ0v) is 8.65. The van der Waals surface area contributed by atoms with Crippen LogP contribution in [0.2, 0.25) is 0 Å². The summed E-state index contributed by atoms with van der Waals surface area (Å²) in [6.07, 6.45) is 2.86. The van der Waals surface area contributed by atoms with Crippen molar-refractivity contribution in [3.63, 3.8) is 0 Å². The molecule has 0 aromatic carbocycles. The van der Waals surface area contributed by atoms with E-state index in [9.17, 15) is 14.4 Å². The van der Waals surface area contributed by atoms with Crippen LogP contribution in [0.5, 0.6) is 0 Å². The van der Waals surface area contributed by atoms with Crippen molar-refractivity contribution >= 4 is 34.4 Å². The topological polar surface area (TPSA) is 108 Å². The first-order valence-corrected chi connectivity index (χ1v) is 4.88. The second-order valence-electron chi connectivity index (χ2n) is 2.45. The molecule has 84 valence electrons. The van der Waals surface area contributed by atoms with E-state index in [-0.39, 0.29) is 0 Å². The second-order valence-corrected chi connectivity index (χ2v) is 3.35. The molecule has 7 nitrogen and oxygen atoms in total. The van der Waals surface area contributed by atoms with E-state index in [1.807, 2.05) is 5.32 Å². The van der Waals surface area contributed by atoms with Gasteiger partial charge in [-0.15, -0.1) is 11.3 Å². The maximum absolute atomic E-state index is 11.1. The van der Waals surface area contributed by atoms with E-state index in [0.717, 1.165) is 6.08 Å². The van der Waals surface area contributed by atoms with Crippen molar-refractivity contribution < 1.29 is 19.5 Å². The summed E-state index contributed by atoms with van der Waals surface area (Å²) in [5.41, 5.74) is 0. The van der Waals surface area contributed by atoms with Crippen molar-refractivity contribution in [1.82, 2.24) is 10.3 Å². The number of aliphatic carboxylic acids is 1. The molecule has 0 saturated heterocycles. The van der Waals surface area contributed by atoms with Gasteiger partial charge in [0.1, 0.15) is 0 Å². The zero-order valence-electron chi connectivity index (χ0n) is 7.84. The predicted molar refractivity (Wildman–Crippen MR) is 56.1 cm³/mol. The first-order valence-electron chi connectivity index (χ1n) is 4.00. The van der Waals surface area contributed by atoms with E-state index in [4.69, 9.17) is 5.11 Å². The lowest BCUT2D eigenvalue weighted by Crippen LogP contribution is -2.33. The maximum atomic E-state index is 11.1. The number of anilines is 1. The average Bonchev–Trinajstić information content (AvgIpc) is 2.67. The number of carboxylic acids is 1. The molecule has 0 spiro atoms. The standard InChI is InChI=1S/C8H7N3O4S/c12-5(1-2-6(13)14)10-7(15)11-8-9-3-4-16-8/h1-4H,(H,13,14)(H2,9,10,11,12,15)/b2-1+. The molecular formula is C8H7N3O4S. The molecule has 3 N–H and O–H groups in total. The largest absolute Gasteiger partial charge is 0.478 e. The monoisotopic (exact) mass is 241 g/mol. The van der Waals surface area contributed by atoms with Crippen molar-refractivity contribution in [2.24, 2.45) is 0 Å². The molecule has 1 rings (SSSR count). The first-order chi connectivity index (χ1) is 7.58. The van der Waals surface area contributed by atoms with Crippen molar-refractivity contribution in [2.75, 3.05) is 5.32 Å². The van der Waals surface area contributed by atoms with Crippen molar-refractivity contribution in [3.8, 4) is 0 Å². The molecule has 8 heteroatoms. The van der Waals surface area contributed by atoms with Gasteiger partial charge in [0.15, 0.2) is 5.13 Å². The highest BCUT2D eigenvalue weighted by atomic mass is 32.1. The fourth-order valence-corrected chi connectivity index (χ4v) is 1.24. The first kappa shape index (κ1) is 11.9. The van der Waals surface area contributed by atoms with Crippen LogP contribution in [0.4, 0.5) is 9.93 Å². The highest BCUT2D eigenvalue weighted by molar-refractivity contribution is 7.13. The number of thiazole rings is 1. The van der Waals surface area contributed by atoms with Crippen LogP contribution in [0.25, 0.3) is 0 Å². The van der Waals surface area contributed by atoms with Gasteiger partial charge in [0.25, 0.3) is 5.91 Å². The van der Waals surface area contributed by atoms with Gasteiger partial charge in [0.2, 0.25) is 0 Å². The van der Waals surface area contributed by atoms with E-state index in [0.29, 0.717) is 11.2 Å². The zero-order chi connectivity index (χ0) is 12.0. The second kappa shape index (κ2) is 5.61. The lowest BCUT2D eigenvalue weighted by Gasteiger charge is -2.00. The minimum atomic E-state index is -1.27. The minimum absolute atomic E-state index is 0.340. The Morgan fingerprint density at radius 3 is 2.69 bits per heavy atom. The van der Waals surface area contributed by atoms with Gasteiger partial charge >= 0.3 is 12.0 Å². The third-order valence-electron chi connectivity index (χ3n) is 1.27. The number of aromatic nitrogens is 1. The number of carboxylic acid groups (broad SMARTS) is 1. The van der Waals surface area contributed by atoms with E-state index < -0.39 is 17.9 Å². The van der Waals surface area contributed by atoms with Crippen LogP contribution in [0.15, 0.2) is 23.7 Å². The number of carbonyl (C=O) groups is 3. The Morgan fingerprint density at radius 2 is 2.12 bits per heavy atom. The Kier molecular flexibility index (Phi) is 4.16. The highest BCUT2D eigenvalue weighted by Gasteiger charge is 2.06. The van der Waals surface area contributed by atoms with Gasteiger partial charge in [-0.05, 0) is 0 Å². The quantitative estimate of drug-likeness (QED) is 0.665. The third-order valence-corrected chi connectivity index (χ3v) is 1.96. The number of imide groups is 1. The van der Waals surface area contributed by atoms with Gasteiger partial charge in [-0.1, -0.05) is 0 Å². The Bertz CT molecular complexity index is 427. The molecule has 0 bridgehead atoms. The van der Waals surface area contributed by atoms with Gasteiger partial charge in [-0.25, -0.2) is 14.6 Å². The van der Waals surface area contributed by atoms with Gasteiger partial charge in [0, 0.05) is 23.7 Å². The van der Waals surface area contributed by atoms with Gasteiger partial charge < -0.3 is 5.11 Å². The molecule has 1 heterocycles. The Hall–Kier alpha value is -2.22. The van der Waals surface area contributed by atoms with Crippen molar-refractivity contribution in [3.05, 3.63) is 23.7 Å². The van der Waals surface area contributed by atoms with Crippen LogP contribution in [-0.2, 0) is 9.59 Å². The maximum Gasteiger partial charge on any atom is 0.328 e. The summed E-state index contributed by atoms with van der Waals surface area (Å²) >= 11 is 1.19. The molecule has 0 fully saturated rings. The summed E-state index contributed by atoms with van der Waals surface area (Å²) in [4.78, 5) is 35.9. The van der Waals surface area contributed by atoms with E-state index in [2.05, 4.69) is 10.3 Å². The van der Waals surface area contributed by atoms with Crippen LogP contribution in [-0.4, -0.2) is 28.0 Å². The Balaban J connectivity index is 2.40. The molecule has 0 aliphatic rings. The smallest absolute Gasteiger partial charge is 0.328 e. The highest BCUT2D eigenvalue weighted by Crippen LogP contribution is 2.09. The molecule has 0 saturated carbocycles. The number of nitrogens with one attached hydrogen (secondary N) is 2. The summed E-state index contributed by atoms with van der Waals surface area (Å²) in [6.45, 7) is 0. The number of urea groups is 1. The Labute approximate surface area is 93.8 Å². The lowest BCUT2D eigenvalue weighted by molar-refractivity contribution is -0.131. The normalized spacial score (nSPS) is 10.0. The molecule has 0 aliphatic carbocycles. The SMILES string of the molecule is O=C(O)/C=C/C(=O)NC(=O)Nc1nccs1. The average molecular weight is 241 g/mol. The molecular weight excluding hydrogens is 234 g/mol. The van der Waals surface area contributed by atoms with Crippen LogP contribution in [0, 0.1) is 0 Å². The number of rotatable bonds is 3. The molecule has 0 atom stereocenters. The molecule has 0 unspecified atom stereocenters. The van der Waals surface area contributed by atoms with Gasteiger partial charge in [-0.2, -0.15) is 0 Å². The number of carbonyl (C=O) groups excluding carboxylic acids is 2. The van der Waals surface area contributed by atoms with Crippen molar-refractivity contribution in [2.45, 2.75) is 0 Å². The molecule has 1 aromatic rings. The fourth-order valence-electron chi connectivity index (χ4n) is 0.714. The summed E-state index contributed by atoms with van der Waals surface area (Å²) in [5, 5.41) is 14.4. The van der Waals surface area contributed by atoms with E-state index in [1.165, 1.54) is 17.5 Å². The van der Waals surface area contributed by atoms with Crippen LogP contribution < -0.4 is 10.6 Å². The third kappa shape index (κ3) is 4.33. The molecule has 1 aromatic heterocycles. The van der Waals surface area contributed by atoms with Gasteiger partial charge in [0.05, 0.1) is 0 Å². The van der Waals surface area contributed by atoms with Gasteiger partial charge in [-0.3, -0.25) is 15.4 Å². The number of amides is 3. The number of hydrogen-bond donors (Lipinski definition) is 3. The minimum Gasteiger partial charge on any atom is -0.478 e. The van der Waals surface area contributed by atoms with Crippen LogP contribution in [0.3, 0.4) is 0 Å². The summed E-state index contributed by atoms with van der Waals surface area (Å²) < 4.78 is 0. The van der Waals surface area contributed by atoms with Crippen molar-refractivity contribution in [1.29, 1.82) is 0 Å². The fraction of sp³-hybridized carbons (Fsp3) is 0. The molecule has 0 radical (unpaired) electrons. The number of nitrogens with zero attached hydrogens (tertiary/aromatic N) is 1. The lowest BCUT2D eigenvalue weighted by atomic mass is 10.5. The summed E-state index contributed by atoms with van der Waals surface area (Å²) in [7, 11) is 0. The number of hydrogen-bond acceptors (Lipinski definition) is 5. The molecule has 3 amide bonds. The van der Waals surface area contributed by atoms with Crippen LogP contribution in [0.1, 0.15) is 0 Å². The van der Waals surface area contributed by atoms with Crippen LogP contribution >= 0.6 is 11.3 Å². The Morgan fingerprint density at radius 1 is 1.38 bits per heavy atom. The summed E-state index contributed by atoms with van der Waals surface area (Å²) in [5.74, 6) is -2.09. The van der Waals surface area contributed by atoms with E-state index >= 15 is 0 Å². The predicted octanol–water partition coefficient (Wildman–Crippen LogP) is 0.432. The summed E-state index contributed by atoms with van der Waals surface area (Å²) in [6, 6.07) is -0.769. The molecule has 16 heavy (non-hydrogen) atoms.